The number of ether oxygens (including phenoxy) is 1. The van der Waals surface area contributed by atoms with Crippen molar-refractivity contribution in [2.24, 2.45) is 0 Å². The molecule has 3 nitrogen and oxygen atoms in total. The number of unbranched alkanes of at least 4 members (excludes halogenated alkanes) is 4. The van der Waals surface area contributed by atoms with Crippen LogP contribution < -0.4 is 0 Å². The SMILES string of the molecule is CCCCCCCOOC(C)(C)OC. The molecule has 0 saturated carbocycles. The van der Waals surface area contributed by atoms with Crippen molar-refractivity contribution in [1.82, 2.24) is 0 Å². The summed E-state index contributed by atoms with van der Waals surface area (Å²) in [4.78, 5) is 10.1. The molecule has 0 radical (unpaired) electrons. The van der Waals surface area contributed by atoms with Crippen LogP contribution in [-0.2, 0) is 14.5 Å². The van der Waals surface area contributed by atoms with Crippen molar-refractivity contribution >= 4 is 0 Å². The van der Waals surface area contributed by atoms with E-state index in [2.05, 4.69) is 6.92 Å². The van der Waals surface area contributed by atoms with E-state index in [0.29, 0.717) is 6.61 Å². The largest absolute Gasteiger partial charge is 0.351 e. The lowest BCUT2D eigenvalue weighted by Crippen LogP contribution is -2.26. The monoisotopic (exact) mass is 204 g/mol. The normalized spacial score (nSPS) is 12.0. The topological polar surface area (TPSA) is 27.7 Å². The van der Waals surface area contributed by atoms with E-state index in [-0.39, 0.29) is 0 Å². The molecule has 0 aromatic heterocycles. The van der Waals surface area contributed by atoms with Gasteiger partial charge in [0.05, 0.1) is 6.61 Å². The van der Waals surface area contributed by atoms with E-state index in [1.54, 1.807) is 7.11 Å². The summed E-state index contributed by atoms with van der Waals surface area (Å²) in [6, 6.07) is 0. The first-order valence-corrected chi connectivity index (χ1v) is 5.48. The molecule has 0 bridgehead atoms. The molecule has 3 heteroatoms. The molecule has 14 heavy (non-hydrogen) atoms. The van der Waals surface area contributed by atoms with Gasteiger partial charge in [0.2, 0.25) is 0 Å². The lowest BCUT2D eigenvalue weighted by molar-refractivity contribution is -0.413. The predicted octanol–water partition coefficient (Wildman–Crippen LogP) is 3.29. The molecule has 0 unspecified atom stereocenters. The molecule has 0 aromatic rings. The lowest BCUT2D eigenvalue weighted by Gasteiger charge is -2.21. The van der Waals surface area contributed by atoms with Gasteiger partial charge in [0.1, 0.15) is 0 Å². The second kappa shape index (κ2) is 8.21. The Morgan fingerprint density at radius 2 is 1.64 bits per heavy atom. The van der Waals surface area contributed by atoms with Crippen LogP contribution in [0.25, 0.3) is 0 Å². The first kappa shape index (κ1) is 13.9. The molecule has 86 valence electrons. The van der Waals surface area contributed by atoms with Gasteiger partial charge in [0, 0.05) is 7.11 Å². The van der Waals surface area contributed by atoms with E-state index >= 15 is 0 Å². The van der Waals surface area contributed by atoms with Crippen molar-refractivity contribution in [3.05, 3.63) is 0 Å². The number of hydrogen-bond acceptors (Lipinski definition) is 3. The van der Waals surface area contributed by atoms with E-state index in [9.17, 15) is 0 Å². The van der Waals surface area contributed by atoms with Crippen LogP contribution in [0, 0.1) is 0 Å². The third-order valence-electron chi connectivity index (χ3n) is 2.08. The summed E-state index contributed by atoms with van der Waals surface area (Å²) in [6.45, 7) is 6.51. The zero-order chi connectivity index (χ0) is 10.9. The minimum absolute atomic E-state index is 0.635. The fourth-order valence-electron chi connectivity index (χ4n) is 0.982. The Morgan fingerprint density at radius 3 is 2.21 bits per heavy atom. The van der Waals surface area contributed by atoms with Crippen molar-refractivity contribution in [2.45, 2.75) is 58.7 Å². The van der Waals surface area contributed by atoms with Gasteiger partial charge in [-0.05, 0) is 20.3 Å². The maximum Gasteiger partial charge on any atom is 0.195 e. The minimum Gasteiger partial charge on any atom is -0.351 e. The Bertz CT molecular complexity index is 124. The van der Waals surface area contributed by atoms with Crippen LogP contribution in [0.4, 0.5) is 0 Å². The van der Waals surface area contributed by atoms with Crippen molar-refractivity contribution in [3.8, 4) is 0 Å². The molecule has 0 aromatic carbocycles. The van der Waals surface area contributed by atoms with Crippen LogP contribution in [0.2, 0.25) is 0 Å². The standard InChI is InChI=1S/C11H24O3/c1-5-6-7-8-9-10-13-14-11(2,3)12-4/h5-10H2,1-4H3. The quantitative estimate of drug-likeness (QED) is 0.250. The highest BCUT2D eigenvalue weighted by Crippen LogP contribution is 2.10. The van der Waals surface area contributed by atoms with Crippen molar-refractivity contribution in [1.29, 1.82) is 0 Å². The van der Waals surface area contributed by atoms with Crippen molar-refractivity contribution in [2.75, 3.05) is 13.7 Å². The van der Waals surface area contributed by atoms with E-state index < -0.39 is 5.79 Å². The van der Waals surface area contributed by atoms with Crippen LogP contribution in [0.1, 0.15) is 52.9 Å². The molecule has 0 N–H and O–H groups in total. The third kappa shape index (κ3) is 8.48. The molecule has 0 fully saturated rings. The first-order valence-electron chi connectivity index (χ1n) is 5.48. The molecule has 0 aliphatic carbocycles. The average Bonchev–Trinajstić information content (AvgIpc) is 2.16. The zero-order valence-corrected chi connectivity index (χ0v) is 9.97. The van der Waals surface area contributed by atoms with Gasteiger partial charge in [0.15, 0.2) is 5.79 Å². The van der Waals surface area contributed by atoms with Gasteiger partial charge in [-0.25, -0.2) is 9.78 Å². The number of rotatable bonds is 9. The highest BCUT2D eigenvalue weighted by Gasteiger charge is 2.17. The fourth-order valence-corrected chi connectivity index (χ4v) is 0.982. The first-order chi connectivity index (χ1) is 6.62. The predicted molar refractivity (Wildman–Crippen MR) is 56.9 cm³/mol. The third-order valence-corrected chi connectivity index (χ3v) is 2.08. The van der Waals surface area contributed by atoms with E-state index in [1.165, 1.54) is 25.7 Å². The second-order valence-electron chi connectivity index (χ2n) is 3.92. The number of methoxy groups -OCH3 is 1. The zero-order valence-electron chi connectivity index (χ0n) is 9.97. The van der Waals surface area contributed by atoms with Gasteiger partial charge in [-0.15, -0.1) is 0 Å². The molecule has 0 aliphatic heterocycles. The smallest absolute Gasteiger partial charge is 0.195 e. The summed E-state index contributed by atoms with van der Waals surface area (Å²) in [5, 5.41) is 0. The van der Waals surface area contributed by atoms with E-state index in [4.69, 9.17) is 14.5 Å². The van der Waals surface area contributed by atoms with E-state index in [0.717, 1.165) is 6.42 Å². The highest BCUT2D eigenvalue weighted by atomic mass is 17.2. The highest BCUT2D eigenvalue weighted by molar-refractivity contribution is 4.46. The number of hydrogen-bond donors (Lipinski definition) is 0. The average molecular weight is 204 g/mol. The molecule has 0 spiro atoms. The van der Waals surface area contributed by atoms with Gasteiger partial charge in [-0.2, -0.15) is 0 Å². The van der Waals surface area contributed by atoms with Gasteiger partial charge < -0.3 is 4.74 Å². The lowest BCUT2D eigenvalue weighted by atomic mass is 10.2. The summed E-state index contributed by atoms with van der Waals surface area (Å²) in [5.41, 5.74) is 0. The summed E-state index contributed by atoms with van der Waals surface area (Å²) < 4.78 is 5.04. The van der Waals surface area contributed by atoms with E-state index in [1.807, 2.05) is 13.8 Å². The van der Waals surface area contributed by atoms with Gasteiger partial charge in [-0.1, -0.05) is 32.6 Å². The summed E-state index contributed by atoms with van der Waals surface area (Å²) >= 11 is 0. The molecular weight excluding hydrogens is 180 g/mol. The molecule has 0 heterocycles. The molecule has 0 aliphatic rings. The summed E-state index contributed by atoms with van der Waals surface area (Å²) in [5.74, 6) is -0.635. The molecule has 0 atom stereocenters. The Balaban J connectivity index is 3.13. The van der Waals surface area contributed by atoms with Crippen LogP contribution >= 0.6 is 0 Å². The maximum absolute atomic E-state index is 5.06. The minimum atomic E-state index is -0.635. The second-order valence-corrected chi connectivity index (χ2v) is 3.92. The summed E-state index contributed by atoms with van der Waals surface area (Å²) in [6.07, 6.45) is 6.14. The van der Waals surface area contributed by atoms with Crippen LogP contribution in [0.15, 0.2) is 0 Å². The molecule has 0 saturated heterocycles. The van der Waals surface area contributed by atoms with Gasteiger partial charge >= 0.3 is 0 Å². The Kier molecular flexibility index (Phi) is 8.14. The van der Waals surface area contributed by atoms with Crippen molar-refractivity contribution < 1.29 is 14.5 Å². The summed E-state index contributed by atoms with van der Waals surface area (Å²) in [7, 11) is 1.60. The molecule has 0 rings (SSSR count). The van der Waals surface area contributed by atoms with Crippen LogP contribution in [-0.4, -0.2) is 19.5 Å². The fraction of sp³-hybridized carbons (Fsp3) is 1.00. The molecule has 0 amide bonds. The Hall–Kier alpha value is -0.120. The van der Waals surface area contributed by atoms with Crippen LogP contribution in [0.5, 0.6) is 0 Å². The van der Waals surface area contributed by atoms with Gasteiger partial charge in [0.25, 0.3) is 0 Å². The Labute approximate surface area is 87.7 Å². The maximum atomic E-state index is 5.06. The van der Waals surface area contributed by atoms with Gasteiger partial charge in [-0.3, -0.25) is 0 Å². The Morgan fingerprint density at radius 1 is 1.00 bits per heavy atom. The van der Waals surface area contributed by atoms with Crippen molar-refractivity contribution in [3.63, 3.8) is 0 Å². The van der Waals surface area contributed by atoms with Crippen LogP contribution in [0.3, 0.4) is 0 Å². The molecular formula is C11H24O3.